The standard InChI is InChI=1S/C16H19BrN4O2/c1-23-15-9-11(4-5-13(15)17)19-16(22)14-6-8-21(20-14)12-3-2-7-18-10-12/h4-6,8-9,12,18H,2-3,7,10H2,1H3,(H,19,22). The van der Waals surface area contributed by atoms with Crippen molar-refractivity contribution in [3.05, 3.63) is 40.6 Å². The van der Waals surface area contributed by atoms with Crippen molar-refractivity contribution in [2.75, 3.05) is 25.5 Å². The number of benzene rings is 1. The van der Waals surface area contributed by atoms with E-state index in [4.69, 9.17) is 4.74 Å². The van der Waals surface area contributed by atoms with E-state index in [1.807, 2.05) is 23.0 Å². The molecule has 0 spiro atoms. The number of hydrogen-bond donors (Lipinski definition) is 2. The lowest BCUT2D eigenvalue weighted by Gasteiger charge is -2.22. The van der Waals surface area contributed by atoms with Crippen LogP contribution in [0.25, 0.3) is 0 Å². The van der Waals surface area contributed by atoms with Crippen LogP contribution in [0.15, 0.2) is 34.9 Å². The zero-order valence-corrected chi connectivity index (χ0v) is 14.5. The number of anilines is 1. The summed E-state index contributed by atoms with van der Waals surface area (Å²) in [6.07, 6.45) is 4.08. The largest absolute Gasteiger partial charge is 0.495 e. The van der Waals surface area contributed by atoms with Crippen molar-refractivity contribution in [1.82, 2.24) is 15.1 Å². The van der Waals surface area contributed by atoms with E-state index in [1.165, 1.54) is 0 Å². The number of halogens is 1. The van der Waals surface area contributed by atoms with Crippen molar-refractivity contribution in [1.29, 1.82) is 0 Å². The van der Waals surface area contributed by atoms with Crippen LogP contribution in [-0.2, 0) is 0 Å². The van der Waals surface area contributed by atoms with Crippen molar-refractivity contribution in [2.24, 2.45) is 0 Å². The lowest BCUT2D eigenvalue weighted by atomic mass is 10.1. The fourth-order valence-corrected chi connectivity index (χ4v) is 3.06. The normalized spacial score (nSPS) is 17.7. The minimum absolute atomic E-state index is 0.225. The first-order chi connectivity index (χ1) is 11.2. The SMILES string of the molecule is COc1cc(NC(=O)c2ccn(C3CCCNC3)n2)ccc1Br. The van der Waals surface area contributed by atoms with E-state index >= 15 is 0 Å². The monoisotopic (exact) mass is 378 g/mol. The average molecular weight is 379 g/mol. The first kappa shape index (κ1) is 16.0. The fourth-order valence-electron chi connectivity index (χ4n) is 2.65. The zero-order chi connectivity index (χ0) is 16.2. The summed E-state index contributed by atoms with van der Waals surface area (Å²) >= 11 is 3.39. The fraction of sp³-hybridized carbons (Fsp3) is 0.375. The highest BCUT2D eigenvalue weighted by Crippen LogP contribution is 2.28. The molecule has 1 aromatic heterocycles. The number of hydrogen-bond acceptors (Lipinski definition) is 4. The molecule has 1 saturated heterocycles. The molecule has 1 aliphatic heterocycles. The summed E-state index contributed by atoms with van der Waals surface area (Å²) in [6, 6.07) is 7.48. The van der Waals surface area contributed by atoms with Gasteiger partial charge in [0.2, 0.25) is 0 Å². The number of piperidine rings is 1. The van der Waals surface area contributed by atoms with Gasteiger partial charge in [-0.25, -0.2) is 0 Å². The Morgan fingerprint density at radius 3 is 3.09 bits per heavy atom. The van der Waals surface area contributed by atoms with Gasteiger partial charge in [0.25, 0.3) is 5.91 Å². The molecule has 1 fully saturated rings. The van der Waals surface area contributed by atoms with Crippen LogP contribution in [0.3, 0.4) is 0 Å². The predicted molar refractivity (Wildman–Crippen MR) is 92.0 cm³/mol. The Bertz CT molecular complexity index is 695. The first-order valence-corrected chi connectivity index (χ1v) is 8.37. The van der Waals surface area contributed by atoms with Crippen LogP contribution < -0.4 is 15.4 Å². The highest BCUT2D eigenvalue weighted by atomic mass is 79.9. The predicted octanol–water partition coefficient (Wildman–Crippen LogP) is 2.83. The Morgan fingerprint density at radius 2 is 2.35 bits per heavy atom. The molecule has 0 aliphatic carbocycles. The van der Waals surface area contributed by atoms with Gasteiger partial charge < -0.3 is 15.4 Å². The summed E-state index contributed by atoms with van der Waals surface area (Å²) in [5.74, 6) is 0.443. The molecule has 0 radical (unpaired) electrons. The molecule has 1 aliphatic rings. The van der Waals surface area contributed by atoms with Gasteiger partial charge >= 0.3 is 0 Å². The summed E-state index contributed by atoms with van der Waals surface area (Å²) in [4.78, 5) is 12.3. The van der Waals surface area contributed by atoms with Crippen LogP contribution in [0.5, 0.6) is 5.75 Å². The Hall–Kier alpha value is -1.86. The van der Waals surface area contributed by atoms with E-state index < -0.39 is 0 Å². The zero-order valence-electron chi connectivity index (χ0n) is 12.9. The molecule has 2 aromatic rings. The van der Waals surface area contributed by atoms with Crippen molar-refractivity contribution >= 4 is 27.5 Å². The second kappa shape index (κ2) is 7.14. The lowest BCUT2D eigenvalue weighted by Crippen LogP contribution is -2.32. The van der Waals surface area contributed by atoms with Gasteiger partial charge in [0.05, 0.1) is 17.6 Å². The van der Waals surface area contributed by atoms with Gasteiger partial charge in [-0.3, -0.25) is 9.48 Å². The van der Waals surface area contributed by atoms with Crippen molar-refractivity contribution in [3.63, 3.8) is 0 Å². The van der Waals surface area contributed by atoms with Gasteiger partial charge in [0.1, 0.15) is 5.75 Å². The van der Waals surface area contributed by atoms with Gasteiger partial charge in [-0.2, -0.15) is 5.10 Å². The summed E-state index contributed by atoms with van der Waals surface area (Å²) in [5, 5.41) is 10.6. The maximum atomic E-state index is 12.3. The van der Waals surface area contributed by atoms with Gasteiger partial charge in [0.15, 0.2) is 5.69 Å². The third kappa shape index (κ3) is 3.73. The molecule has 1 unspecified atom stereocenters. The Balaban J connectivity index is 1.70. The second-order valence-corrected chi connectivity index (χ2v) is 6.34. The number of carbonyl (C=O) groups excluding carboxylic acids is 1. The summed E-state index contributed by atoms with van der Waals surface area (Å²) < 4.78 is 7.95. The topological polar surface area (TPSA) is 68.2 Å². The Labute approximate surface area is 143 Å². The first-order valence-electron chi connectivity index (χ1n) is 7.58. The molecule has 7 heteroatoms. The van der Waals surface area contributed by atoms with Crippen molar-refractivity contribution < 1.29 is 9.53 Å². The smallest absolute Gasteiger partial charge is 0.276 e. The third-order valence-electron chi connectivity index (χ3n) is 3.89. The quantitative estimate of drug-likeness (QED) is 0.858. The van der Waals surface area contributed by atoms with Gasteiger partial charge in [-0.15, -0.1) is 0 Å². The molecule has 3 rings (SSSR count). The molecule has 6 nitrogen and oxygen atoms in total. The van der Waals surface area contributed by atoms with E-state index in [1.54, 1.807) is 19.2 Å². The number of aromatic nitrogens is 2. The molecule has 1 atom stereocenters. The number of amides is 1. The molecule has 23 heavy (non-hydrogen) atoms. The molecule has 0 saturated carbocycles. The lowest BCUT2D eigenvalue weighted by molar-refractivity contribution is 0.102. The van der Waals surface area contributed by atoms with Crippen LogP contribution in [0.2, 0.25) is 0 Å². The summed E-state index contributed by atoms with van der Waals surface area (Å²) in [5.41, 5.74) is 1.08. The third-order valence-corrected chi connectivity index (χ3v) is 4.55. The number of carbonyl (C=O) groups is 1. The number of nitrogens with zero attached hydrogens (tertiary/aromatic N) is 2. The van der Waals surface area contributed by atoms with Gasteiger partial charge in [-0.05, 0) is 53.5 Å². The van der Waals surface area contributed by atoms with Crippen LogP contribution in [-0.4, -0.2) is 35.9 Å². The minimum Gasteiger partial charge on any atom is -0.495 e. The second-order valence-electron chi connectivity index (χ2n) is 5.48. The molecular weight excluding hydrogens is 360 g/mol. The van der Waals surface area contributed by atoms with E-state index in [0.717, 1.165) is 30.4 Å². The number of nitrogens with one attached hydrogen (secondary N) is 2. The van der Waals surface area contributed by atoms with E-state index in [9.17, 15) is 4.79 Å². The molecule has 0 bridgehead atoms. The highest BCUT2D eigenvalue weighted by molar-refractivity contribution is 9.10. The van der Waals surface area contributed by atoms with E-state index in [-0.39, 0.29) is 5.91 Å². The average Bonchev–Trinajstić information content (AvgIpc) is 3.07. The molecule has 1 amide bonds. The Kier molecular flexibility index (Phi) is 4.97. The maximum Gasteiger partial charge on any atom is 0.276 e. The Morgan fingerprint density at radius 1 is 1.48 bits per heavy atom. The van der Waals surface area contributed by atoms with Crippen LogP contribution in [0, 0.1) is 0 Å². The highest BCUT2D eigenvalue weighted by Gasteiger charge is 2.18. The number of methoxy groups -OCH3 is 1. The number of rotatable bonds is 4. The van der Waals surface area contributed by atoms with Crippen molar-refractivity contribution in [2.45, 2.75) is 18.9 Å². The molecule has 2 N–H and O–H groups in total. The molecule has 1 aromatic carbocycles. The minimum atomic E-state index is -0.225. The van der Waals surface area contributed by atoms with Gasteiger partial charge in [0, 0.05) is 24.5 Å². The molecule has 2 heterocycles. The van der Waals surface area contributed by atoms with Crippen LogP contribution in [0.1, 0.15) is 29.4 Å². The molecule has 122 valence electrons. The van der Waals surface area contributed by atoms with Crippen LogP contribution >= 0.6 is 15.9 Å². The number of ether oxygens (including phenoxy) is 1. The summed E-state index contributed by atoms with van der Waals surface area (Å²) in [7, 11) is 1.59. The van der Waals surface area contributed by atoms with Crippen molar-refractivity contribution in [3.8, 4) is 5.75 Å². The van der Waals surface area contributed by atoms with Gasteiger partial charge in [-0.1, -0.05) is 0 Å². The maximum absolute atomic E-state index is 12.3. The van der Waals surface area contributed by atoms with Crippen LogP contribution in [0.4, 0.5) is 5.69 Å². The van der Waals surface area contributed by atoms with E-state index in [0.29, 0.717) is 23.2 Å². The molecular formula is C16H19BrN4O2. The summed E-state index contributed by atoms with van der Waals surface area (Å²) in [6.45, 7) is 1.95. The van der Waals surface area contributed by atoms with E-state index in [2.05, 4.69) is 31.7 Å².